The molecular formula is C35H56ClNO8. The van der Waals surface area contributed by atoms with E-state index in [4.69, 9.17) is 21.3 Å². The number of nitrogens with one attached hydrogen (secondary N) is 1. The van der Waals surface area contributed by atoms with Crippen molar-refractivity contribution in [2.75, 3.05) is 0 Å². The van der Waals surface area contributed by atoms with Gasteiger partial charge in [0.2, 0.25) is 0 Å². The van der Waals surface area contributed by atoms with Crippen LogP contribution in [0.3, 0.4) is 0 Å². The van der Waals surface area contributed by atoms with Crippen LogP contribution in [0.4, 0.5) is 0 Å². The van der Waals surface area contributed by atoms with Crippen LogP contribution < -0.4 is 4.84 Å². The van der Waals surface area contributed by atoms with E-state index in [-0.39, 0.29) is 63.8 Å². The number of hydrogen-bond acceptors (Lipinski definition) is 8. The number of halogens is 1. The van der Waals surface area contributed by atoms with E-state index < -0.39 is 47.5 Å². The highest BCUT2D eigenvalue weighted by molar-refractivity contribution is 6.14. The third-order valence-corrected chi connectivity index (χ3v) is 15.3. The molecule has 1 heterocycles. The van der Waals surface area contributed by atoms with Crippen molar-refractivity contribution in [3.05, 3.63) is 0 Å². The van der Waals surface area contributed by atoms with Crippen LogP contribution >= 0.6 is 11.8 Å². The van der Waals surface area contributed by atoms with E-state index in [1.54, 1.807) is 13.8 Å². The summed E-state index contributed by atoms with van der Waals surface area (Å²) in [5.41, 5.74) is -2.51. The van der Waals surface area contributed by atoms with Crippen molar-refractivity contribution in [3.63, 3.8) is 0 Å². The average molecular weight is 654 g/mol. The molecule has 0 aromatic carbocycles. The molecule has 1 aliphatic heterocycles. The first kappa shape index (κ1) is 33.9. The van der Waals surface area contributed by atoms with E-state index in [1.165, 1.54) is 0 Å². The minimum absolute atomic E-state index is 0.0108. The zero-order chi connectivity index (χ0) is 33.2. The first-order valence-corrected chi connectivity index (χ1v) is 17.6. The van der Waals surface area contributed by atoms with E-state index in [9.17, 15) is 30.0 Å². The lowest BCUT2D eigenvalue weighted by Gasteiger charge is -2.64. The Morgan fingerprint density at radius 2 is 1.69 bits per heavy atom. The summed E-state index contributed by atoms with van der Waals surface area (Å²) in [6.45, 7) is 14.6. The van der Waals surface area contributed by atoms with Gasteiger partial charge in [0.05, 0.1) is 29.5 Å². The molecule has 256 valence electrons. The molecule has 0 aromatic heterocycles. The molecule has 6 fully saturated rings. The van der Waals surface area contributed by atoms with Gasteiger partial charge in [0, 0.05) is 12.3 Å². The van der Waals surface area contributed by atoms with Gasteiger partial charge in [-0.1, -0.05) is 27.7 Å². The van der Waals surface area contributed by atoms with Crippen LogP contribution in [0, 0.1) is 44.8 Å². The van der Waals surface area contributed by atoms with Gasteiger partial charge in [-0.2, -0.15) is 0 Å². The number of aliphatic hydroxyl groups is 3. The highest BCUT2D eigenvalue weighted by Crippen LogP contribution is 2.89. The summed E-state index contributed by atoms with van der Waals surface area (Å²) in [7, 11) is 0. The summed E-state index contributed by atoms with van der Waals surface area (Å²) in [5.74, 6) is -1.47. The minimum atomic E-state index is -1.02. The molecule has 1 saturated heterocycles. The van der Waals surface area contributed by atoms with Crippen molar-refractivity contribution in [1.82, 2.24) is 4.84 Å². The Morgan fingerprint density at radius 3 is 2.29 bits per heavy atom. The number of carboxylic acids is 1. The highest BCUT2D eigenvalue weighted by atomic mass is 35.5. The molecule has 2 spiro atoms. The SMILES string of the molecule is CC(C)(O)[C@@H]1CC[C@](C)([C@H]2[C@@H](OC(=O)[C@@H](CCC(=O)O)NCl)C[C@@]3(C)C4C[C@H](O)[C@H]5C(C)(C)[C@@H](O)CC[C@@]56CC46CC[C@]23C)O1. The Hall–Kier alpha value is -0.970. The van der Waals surface area contributed by atoms with Crippen LogP contribution in [0.2, 0.25) is 0 Å². The van der Waals surface area contributed by atoms with Gasteiger partial charge in [0.15, 0.2) is 0 Å². The maximum Gasteiger partial charge on any atom is 0.324 e. The van der Waals surface area contributed by atoms with Crippen molar-refractivity contribution < 1.29 is 39.5 Å². The summed E-state index contributed by atoms with van der Waals surface area (Å²) in [6, 6.07) is -0.959. The van der Waals surface area contributed by atoms with Gasteiger partial charge < -0.3 is 29.9 Å². The second kappa shape index (κ2) is 10.5. The maximum absolute atomic E-state index is 13.6. The molecule has 0 bridgehead atoms. The number of hydrogen-bond donors (Lipinski definition) is 5. The number of carbonyl (C=O) groups is 2. The number of carbonyl (C=O) groups excluding carboxylic acids is 1. The van der Waals surface area contributed by atoms with E-state index in [1.807, 2.05) is 0 Å². The summed E-state index contributed by atoms with van der Waals surface area (Å²) >= 11 is 5.95. The van der Waals surface area contributed by atoms with Crippen LogP contribution in [0.1, 0.15) is 119 Å². The molecular weight excluding hydrogens is 598 g/mol. The van der Waals surface area contributed by atoms with Crippen LogP contribution in [0.5, 0.6) is 0 Å². The van der Waals surface area contributed by atoms with Gasteiger partial charge in [-0.15, -0.1) is 0 Å². The molecule has 6 rings (SSSR count). The fourth-order valence-electron chi connectivity index (χ4n) is 12.9. The monoisotopic (exact) mass is 653 g/mol. The molecule has 6 aliphatic rings. The van der Waals surface area contributed by atoms with Crippen LogP contribution in [0.25, 0.3) is 0 Å². The molecule has 0 aromatic rings. The second-order valence-electron chi connectivity index (χ2n) is 17.9. The molecule has 5 saturated carbocycles. The van der Waals surface area contributed by atoms with Gasteiger partial charge >= 0.3 is 11.9 Å². The number of ether oxygens (including phenoxy) is 2. The fourth-order valence-corrected chi connectivity index (χ4v) is 13.1. The lowest BCUT2D eigenvalue weighted by molar-refractivity contribution is -0.214. The Morgan fingerprint density at radius 1 is 1.00 bits per heavy atom. The molecule has 2 unspecified atom stereocenters. The Kier molecular flexibility index (Phi) is 7.92. The first-order chi connectivity index (χ1) is 20.7. The predicted molar refractivity (Wildman–Crippen MR) is 168 cm³/mol. The number of rotatable bonds is 8. The van der Waals surface area contributed by atoms with Crippen molar-refractivity contribution in [3.8, 4) is 0 Å². The number of aliphatic hydroxyl groups excluding tert-OH is 2. The molecule has 45 heavy (non-hydrogen) atoms. The Labute approximate surface area is 273 Å². The fraction of sp³-hybridized carbons (Fsp3) is 0.943. The predicted octanol–water partition coefficient (Wildman–Crippen LogP) is 4.96. The van der Waals surface area contributed by atoms with Crippen molar-refractivity contribution in [2.45, 2.75) is 161 Å². The third-order valence-electron chi connectivity index (χ3n) is 15.1. The molecule has 10 heteroatoms. The largest absolute Gasteiger partial charge is 0.481 e. The highest BCUT2D eigenvalue weighted by Gasteiger charge is 2.85. The molecule has 9 nitrogen and oxygen atoms in total. The number of fused-ring (bicyclic) bond motifs is 2. The Bertz CT molecular complexity index is 1220. The standard InChI is InChI=1S/C35H56ClNO8/c1-29(2)23(39)10-13-35-18-34(35)15-14-31(5)27(33(7)12-11-24(45-33)30(3,4)43)21(44-28(42)19(37-36)8-9-25(40)41)17-32(31,6)22(34)16-20(38)26(29)35/h19-24,26-27,37-39,43H,8-18H2,1-7H3,(H,40,41)/t19-,20+,21+,22?,23+,24+,26+,27+,31-,32+,33-,34?,35-/m1/s1. The second-order valence-corrected chi connectivity index (χ2v) is 18.1. The van der Waals surface area contributed by atoms with E-state index in [0.29, 0.717) is 19.3 Å². The quantitative estimate of drug-likeness (QED) is 0.181. The smallest absolute Gasteiger partial charge is 0.324 e. The number of carboxylic acid groups (broad SMARTS) is 1. The van der Waals surface area contributed by atoms with E-state index in [0.717, 1.165) is 38.5 Å². The van der Waals surface area contributed by atoms with E-state index in [2.05, 4.69) is 39.5 Å². The lowest BCUT2D eigenvalue weighted by atomic mass is 9.41. The summed E-state index contributed by atoms with van der Waals surface area (Å²) in [6.07, 6.45) is 5.45. The van der Waals surface area contributed by atoms with Crippen molar-refractivity contribution >= 4 is 23.7 Å². The van der Waals surface area contributed by atoms with Crippen molar-refractivity contribution in [2.24, 2.45) is 44.8 Å². The van der Waals surface area contributed by atoms with Gasteiger partial charge in [-0.3, -0.25) is 9.59 Å². The van der Waals surface area contributed by atoms with Gasteiger partial charge in [-0.25, -0.2) is 4.84 Å². The van der Waals surface area contributed by atoms with Crippen LogP contribution in [-0.4, -0.2) is 74.0 Å². The van der Waals surface area contributed by atoms with Gasteiger partial charge in [-0.05, 0) is 136 Å². The maximum atomic E-state index is 13.6. The molecule has 5 N–H and O–H groups in total. The molecule has 13 atom stereocenters. The molecule has 0 radical (unpaired) electrons. The third kappa shape index (κ3) is 4.63. The summed E-state index contributed by atoms with van der Waals surface area (Å²) in [5, 5.41) is 43.2. The van der Waals surface area contributed by atoms with Crippen LogP contribution in [-0.2, 0) is 19.1 Å². The molecule has 5 aliphatic carbocycles. The lowest BCUT2D eigenvalue weighted by Crippen LogP contribution is -2.62. The number of esters is 1. The average Bonchev–Trinajstić information content (AvgIpc) is 3.27. The van der Waals surface area contributed by atoms with E-state index >= 15 is 0 Å². The first-order valence-electron chi connectivity index (χ1n) is 17.3. The van der Waals surface area contributed by atoms with Gasteiger partial charge in [0.25, 0.3) is 0 Å². The topological polar surface area (TPSA) is 146 Å². The Balaban J connectivity index is 1.38. The van der Waals surface area contributed by atoms with Crippen molar-refractivity contribution in [1.29, 1.82) is 0 Å². The summed E-state index contributed by atoms with van der Waals surface area (Å²) < 4.78 is 13.2. The minimum Gasteiger partial charge on any atom is -0.481 e. The normalized spacial score (nSPS) is 50.5. The zero-order valence-corrected chi connectivity index (χ0v) is 29.0. The van der Waals surface area contributed by atoms with Crippen LogP contribution in [0.15, 0.2) is 0 Å². The number of aliphatic carboxylic acids is 1. The zero-order valence-electron chi connectivity index (χ0n) is 28.2. The van der Waals surface area contributed by atoms with Gasteiger partial charge in [0.1, 0.15) is 12.1 Å². The summed E-state index contributed by atoms with van der Waals surface area (Å²) in [4.78, 5) is 27.4. The molecule has 0 amide bonds.